The Morgan fingerprint density at radius 3 is 2.57 bits per heavy atom. The van der Waals surface area contributed by atoms with Crippen molar-refractivity contribution in [2.75, 3.05) is 24.4 Å². The number of carbonyl (C=O) groups is 1. The molecule has 28 heavy (non-hydrogen) atoms. The maximum atomic E-state index is 12.1. The lowest BCUT2D eigenvalue weighted by atomic mass is 10.1. The first kappa shape index (κ1) is 19.2. The summed E-state index contributed by atoms with van der Waals surface area (Å²) in [7, 11) is 1.56. The summed E-state index contributed by atoms with van der Waals surface area (Å²) in [6, 6.07) is 19.1. The highest BCUT2D eigenvalue weighted by Crippen LogP contribution is 2.25. The van der Waals surface area contributed by atoms with E-state index in [-0.39, 0.29) is 12.5 Å². The van der Waals surface area contributed by atoms with E-state index in [0.29, 0.717) is 23.7 Å². The highest BCUT2D eigenvalue weighted by molar-refractivity contribution is 5.91. The number of pyridine rings is 1. The van der Waals surface area contributed by atoms with E-state index in [4.69, 9.17) is 9.47 Å². The van der Waals surface area contributed by atoms with Crippen molar-refractivity contribution >= 4 is 17.4 Å². The van der Waals surface area contributed by atoms with E-state index in [1.54, 1.807) is 31.5 Å². The summed E-state index contributed by atoms with van der Waals surface area (Å²) >= 11 is 0. The van der Waals surface area contributed by atoms with Crippen molar-refractivity contribution in [3.8, 4) is 11.5 Å². The topological polar surface area (TPSA) is 72.5 Å². The highest BCUT2D eigenvalue weighted by atomic mass is 16.5. The van der Waals surface area contributed by atoms with Crippen LogP contribution in [0.4, 0.5) is 11.5 Å². The molecule has 6 nitrogen and oxygen atoms in total. The average Bonchev–Trinajstić information content (AvgIpc) is 2.72. The fraction of sp³-hybridized carbons (Fsp3) is 0.182. The molecular weight excluding hydrogens is 354 g/mol. The van der Waals surface area contributed by atoms with Gasteiger partial charge in [-0.05, 0) is 36.8 Å². The summed E-state index contributed by atoms with van der Waals surface area (Å²) in [5.74, 6) is 1.58. The largest absolute Gasteiger partial charge is 0.493 e. The fourth-order valence-electron chi connectivity index (χ4n) is 2.67. The Morgan fingerprint density at radius 2 is 1.86 bits per heavy atom. The number of aryl methyl sites for hydroxylation is 1. The van der Waals surface area contributed by atoms with Crippen LogP contribution in [-0.2, 0) is 11.3 Å². The Labute approximate surface area is 164 Å². The molecule has 1 aromatic heterocycles. The monoisotopic (exact) mass is 377 g/mol. The first-order chi connectivity index (χ1) is 13.6. The molecule has 0 fully saturated rings. The molecule has 6 heteroatoms. The van der Waals surface area contributed by atoms with Crippen LogP contribution in [0.15, 0.2) is 66.9 Å². The van der Waals surface area contributed by atoms with Gasteiger partial charge in [0.25, 0.3) is 5.91 Å². The molecule has 0 unspecified atom stereocenters. The fourth-order valence-corrected chi connectivity index (χ4v) is 2.67. The molecule has 0 aliphatic rings. The lowest BCUT2D eigenvalue weighted by molar-refractivity contribution is -0.118. The number of carbonyl (C=O) groups excluding carboxylic acids is 1. The molecule has 0 saturated carbocycles. The molecule has 0 radical (unpaired) electrons. The van der Waals surface area contributed by atoms with Gasteiger partial charge in [-0.3, -0.25) is 4.79 Å². The minimum atomic E-state index is -0.270. The first-order valence-corrected chi connectivity index (χ1v) is 8.95. The van der Waals surface area contributed by atoms with Gasteiger partial charge in [-0.2, -0.15) is 0 Å². The minimum Gasteiger partial charge on any atom is -0.493 e. The Hall–Kier alpha value is -3.54. The number of amides is 1. The van der Waals surface area contributed by atoms with Crippen LogP contribution in [0.2, 0.25) is 0 Å². The third kappa shape index (κ3) is 5.48. The van der Waals surface area contributed by atoms with Crippen LogP contribution in [-0.4, -0.2) is 24.6 Å². The summed E-state index contributed by atoms with van der Waals surface area (Å²) in [4.78, 5) is 16.4. The van der Waals surface area contributed by atoms with Gasteiger partial charge in [0.1, 0.15) is 5.82 Å². The Bertz CT molecular complexity index is 926. The second kappa shape index (κ2) is 9.41. The van der Waals surface area contributed by atoms with E-state index in [1.165, 1.54) is 11.1 Å². The third-order valence-corrected chi connectivity index (χ3v) is 4.03. The molecule has 0 aliphatic heterocycles. The van der Waals surface area contributed by atoms with Crippen molar-refractivity contribution in [1.29, 1.82) is 0 Å². The smallest absolute Gasteiger partial charge is 0.262 e. The number of benzene rings is 2. The van der Waals surface area contributed by atoms with Gasteiger partial charge < -0.3 is 20.1 Å². The SMILES string of the molecule is COc1ccccc1OCC(=O)Nc1ccc(NCc2cccc(C)c2)nc1. The van der Waals surface area contributed by atoms with Crippen molar-refractivity contribution in [2.24, 2.45) is 0 Å². The maximum Gasteiger partial charge on any atom is 0.262 e. The molecule has 144 valence electrons. The van der Waals surface area contributed by atoms with Crippen LogP contribution in [0.5, 0.6) is 11.5 Å². The van der Waals surface area contributed by atoms with Crippen LogP contribution in [0.3, 0.4) is 0 Å². The summed E-state index contributed by atoms with van der Waals surface area (Å²) in [6.07, 6.45) is 1.61. The lowest BCUT2D eigenvalue weighted by Crippen LogP contribution is -2.20. The number of rotatable bonds is 8. The molecule has 1 heterocycles. The molecule has 0 aliphatic carbocycles. The van der Waals surface area contributed by atoms with Gasteiger partial charge in [0.2, 0.25) is 0 Å². The second-order valence-electron chi connectivity index (χ2n) is 6.26. The molecule has 2 N–H and O–H groups in total. The zero-order chi connectivity index (χ0) is 19.8. The number of para-hydroxylation sites is 2. The number of aromatic nitrogens is 1. The predicted molar refractivity (Wildman–Crippen MR) is 110 cm³/mol. The van der Waals surface area contributed by atoms with Gasteiger partial charge in [0.15, 0.2) is 18.1 Å². The number of hydrogen-bond donors (Lipinski definition) is 2. The quantitative estimate of drug-likeness (QED) is 0.620. The number of nitrogens with one attached hydrogen (secondary N) is 2. The first-order valence-electron chi connectivity index (χ1n) is 8.95. The number of hydrogen-bond acceptors (Lipinski definition) is 5. The van der Waals surface area contributed by atoms with Gasteiger partial charge in [0, 0.05) is 6.54 Å². The molecule has 0 saturated heterocycles. The van der Waals surface area contributed by atoms with E-state index >= 15 is 0 Å². The van der Waals surface area contributed by atoms with Crippen molar-refractivity contribution < 1.29 is 14.3 Å². The molecule has 0 spiro atoms. The van der Waals surface area contributed by atoms with Gasteiger partial charge in [-0.25, -0.2) is 4.98 Å². The van der Waals surface area contributed by atoms with Crippen LogP contribution in [0.1, 0.15) is 11.1 Å². The van der Waals surface area contributed by atoms with Crippen molar-refractivity contribution in [2.45, 2.75) is 13.5 Å². The Morgan fingerprint density at radius 1 is 1.04 bits per heavy atom. The van der Waals surface area contributed by atoms with E-state index in [0.717, 1.165) is 5.82 Å². The van der Waals surface area contributed by atoms with Gasteiger partial charge in [-0.1, -0.05) is 42.0 Å². The molecule has 3 aromatic rings. The van der Waals surface area contributed by atoms with Crippen LogP contribution in [0, 0.1) is 6.92 Å². The number of ether oxygens (including phenoxy) is 2. The summed E-state index contributed by atoms with van der Waals surface area (Å²) < 4.78 is 10.7. The highest BCUT2D eigenvalue weighted by Gasteiger charge is 2.07. The number of nitrogens with zero attached hydrogens (tertiary/aromatic N) is 1. The molecule has 0 atom stereocenters. The molecular formula is C22H23N3O3. The van der Waals surface area contributed by atoms with E-state index in [9.17, 15) is 4.79 Å². The summed E-state index contributed by atoms with van der Waals surface area (Å²) in [6.45, 7) is 2.64. The zero-order valence-electron chi connectivity index (χ0n) is 15.9. The maximum absolute atomic E-state index is 12.1. The molecule has 2 aromatic carbocycles. The van der Waals surface area contributed by atoms with Gasteiger partial charge >= 0.3 is 0 Å². The van der Waals surface area contributed by atoms with Crippen molar-refractivity contribution in [3.63, 3.8) is 0 Å². The second-order valence-corrected chi connectivity index (χ2v) is 6.26. The predicted octanol–water partition coefficient (Wildman–Crippen LogP) is 4.03. The van der Waals surface area contributed by atoms with Gasteiger partial charge in [-0.15, -0.1) is 0 Å². The Balaban J connectivity index is 1.48. The van der Waals surface area contributed by atoms with E-state index in [2.05, 4.69) is 40.7 Å². The van der Waals surface area contributed by atoms with Gasteiger partial charge in [0.05, 0.1) is 19.0 Å². The number of anilines is 2. The third-order valence-electron chi connectivity index (χ3n) is 4.03. The molecule has 1 amide bonds. The van der Waals surface area contributed by atoms with Crippen LogP contribution >= 0.6 is 0 Å². The molecule has 0 bridgehead atoms. The van der Waals surface area contributed by atoms with E-state index in [1.807, 2.05) is 24.3 Å². The summed E-state index contributed by atoms with van der Waals surface area (Å²) in [5, 5.41) is 6.03. The van der Waals surface area contributed by atoms with Crippen LogP contribution in [0.25, 0.3) is 0 Å². The van der Waals surface area contributed by atoms with E-state index < -0.39 is 0 Å². The van der Waals surface area contributed by atoms with Crippen LogP contribution < -0.4 is 20.1 Å². The zero-order valence-corrected chi connectivity index (χ0v) is 15.9. The number of methoxy groups -OCH3 is 1. The summed E-state index contributed by atoms with van der Waals surface area (Å²) in [5.41, 5.74) is 3.02. The normalized spacial score (nSPS) is 10.2. The lowest BCUT2D eigenvalue weighted by Gasteiger charge is -2.11. The average molecular weight is 377 g/mol. The molecule has 3 rings (SSSR count). The minimum absolute atomic E-state index is 0.117. The standard InChI is InChI=1S/C22H23N3O3/c1-16-6-5-7-17(12-16)13-23-21-11-10-18(14-24-21)25-22(26)15-28-20-9-4-3-8-19(20)27-2/h3-12,14H,13,15H2,1-2H3,(H,23,24)(H,25,26). The Kier molecular flexibility index (Phi) is 6.46. The van der Waals surface area contributed by atoms with Crippen molar-refractivity contribution in [3.05, 3.63) is 78.0 Å². The van der Waals surface area contributed by atoms with Crippen molar-refractivity contribution in [1.82, 2.24) is 4.98 Å².